The number of carbonyl (C=O) groups is 6. The number of nitrogens with one attached hydrogen (secondary N) is 3. The second-order valence-corrected chi connectivity index (χ2v) is 20.9. The third-order valence-electron chi connectivity index (χ3n) is 13.9. The normalized spacial score (nSPS) is 18.2. The molecule has 0 bridgehead atoms. The Hall–Kier alpha value is -4.73. The maximum absolute atomic E-state index is 14.6. The van der Waals surface area contributed by atoms with Crippen molar-refractivity contribution in [1.29, 1.82) is 0 Å². The number of ether oxygens (including phenoxy) is 5. The van der Waals surface area contributed by atoms with Crippen molar-refractivity contribution in [3.63, 3.8) is 0 Å². The zero-order valence-electron chi connectivity index (χ0n) is 44.6. The van der Waals surface area contributed by atoms with Crippen LogP contribution in [0.15, 0.2) is 35.7 Å². The van der Waals surface area contributed by atoms with Gasteiger partial charge in [-0.1, -0.05) is 77.8 Å². The number of piperidine rings is 2. The van der Waals surface area contributed by atoms with Gasteiger partial charge in [-0.3, -0.25) is 28.9 Å². The van der Waals surface area contributed by atoms with Crippen LogP contribution in [0.1, 0.15) is 120 Å². The molecule has 4 rings (SSSR count). The van der Waals surface area contributed by atoms with Crippen molar-refractivity contribution in [3.8, 4) is 0 Å². The average Bonchev–Trinajstić information content (AvgIpc) is 3.87. The van der Waals surface area contributed by atoms with Crippen molar-refractivity contribution in [3.05, 3.63) is 52.0 Å². The number of thiazole rings is 1. The number of carboxylic acid groups (broad SMARTS) is 1. The van der Waals surface area contributed by atoms with Gasteiger partial charge in [0.1, 0.15) is 16.7 Å². The van der Waals surface area contributed by atoms with E-state index in [0.717, 1.165) is 50.9 Å². The van der Waals surface area contributed by atoms with Crippen LogP contribution in [-0.4, -0.2) is 178 Å². The molecule has 0 spiro atoms. The molecule has 20 heteroatoms. The summed E-state index contributed by atoms with van der Waals surface area (Å²) in [5.74, 6) is -3.01. The summed E-state index contributed by atoms with van der Waals surface area (Å²) in [4.78, 5) is 89.3. The number of nitrogens with zero attached hydrogens (tertiary/aromatic N) is 4. The number of likely N-dealkylation sites (tertiary alicyclic amines) is 2. The Morgan fingerprint density at radius 2 is 1.55 bits per heavy atom. The van der Waals surface area contributed by atoms with Gasteiger partial charge in [-0.05, 0) is 88.5 Å². The Kier molecular flexibility index (Phi) is 27.1. The molecular formula is C53H85N7O12S. The first kappa shape index (κ1) is 60.8. The minimum Gasteiger partial charge on any atom is -0.481 e. The molecule has 0 radical (unpaired) electrons. The van der Waals surface area contributed by atoms with Crippen LogP contribution in [0.4, 0.5) is 4.79 Å². The van der Waals surface area contributed by atoms with Gasteiger partial charge >= 0.3 is 18.0 Å². The predicted molar refractivity (Wildman–Crippen MR) is 278 cm³/mol. The van der Waals surface area contributed by atoms with Crippen LogP contribution in [0.25, 0.3) is 0 Å². The smallest absolute Gasteiger partial charge is 0.407 e. The van der Waals surface area contributed by atoms with Gasteiger partial charge in [-0.15, -0.1) is 11.3 Å². The van der Waals surface area contributed by atoms with Gasteiger partial charge in [0, 0.05) is 50.9 Å². The molecule has 410 valence electrons. The van der Waals surface area contributed by atoms with Gasteiger partial charge in [-0.25, -0.2) is 9.78 Å². The molecule has 2 saturated heterocycles. The van der Waals surface area contributed by atoms with Crippen molar-refractivity contribution in [1.82, 2.24) is 35.6 Å². The van der Waals surface area contributed by atoms with Crippen LogP contribution >= 0.6 is 11.3 Å². The molecule has 1 aromatic carbocycles. The van der Waals surface area contributed by atoms with Gasteiger partial charge in [0.2, 0.25) is 11.8 Å². The number of aromatic nitrogens is 1. The highest BCUT2D eigenvalue weighted by Crippen LogP contribution is 2.31. The van der Waals surface area contributed by atoms with E-state index in [-0.39, 0.29) is 42.2 Å². The maximum atomic E-state index is 14.6. The lowest BCUT2D eigenvalue weighted by atomic mass is 9.92. The fourth-order valence-electron chi connectivity index (χ4n) is 9.21. The third kappa shape index (κ3) is 21.6. The van der Waals surface area contributed by atoms with Crippen molar-refractivity contribution >= 4 is 47.1 Å². The number of hydrogen-bond acceptors (Lipinski definition) is 15. The van der Waals surface area contributed by atoms with Crippen molar-refractivity contribution in [2.45, 2.75) is 130 Å². The highest BCUT2D eigenvalue weighted by Gasteiger charge is 2.38. The fourth-order valence-corrected chi connectivity index (χ4v) is 10.0. The minimum atomic E-state index is -0.957. The highest BCUT2D eigenvalue weighted by atomic mass is 32.1. The third-order valence-corrected chi connectivity index (χ3v) is 14.8. The standard InChI is InChI=1S/C53H85N7O12S/c1-9-37(4)47(57-49(63)44-17-13-14-21-60(44)24-26-69-28-30-70-29-27-68-25-20-54-53(67)71-34-41-18-22-58(7)23-19-41)51(64)59(8)45(36(2)3)33-46(72-39(6)61)50-56-43(35-73-50)48(62)55-42(31-38(5)52(65)66)32-40-15-11-10-12-16-40/h10-12,15-16,35-38,41-42,44-47H,9,13-14,17-34H2,1-8H3,(H,54,67)(H,55,62)(H,57,63)(H,65,66)/t37-,38+,42-,44-,45-,46?,47+/m1/s1. The van der Waals surface area contributed by atoms with Gasteiger partial charge in [0.25, 0.3) is 5.91 Å². The summed E-state index contributed by atoms with van der Waals surface area (Å²) >= 11 is 1.17. The first-order valence-electron chi connectivity index (χ1n) is 26.3. The second-order valence-electron chi connectivity index (χ2n) is 20.0. The zero-order chi connectivity index (χ0) is 53.3. The van der Waals surface area contributed by atoms with Crippen LogP contribution in [0.3, 0.4) is 0 Å². The summed E-state index contributed by atoms with van der Waals surface area (Å²) in [6.45, 7) is 17.2. The number of hydrogen-bond donors (Lipinski definition) is 4. The van der Waals surface area contributed by atoms with Gasteiger partial charge < -0.3 is 54.5 Å². The molecule has 0 aliphatic carbocycles. The molecule has 7 atom stereocenters. The molecule has 0 saturated carbocycles. The van der Waals surface area contributed by atoms with E-state index in [2.05, 4.69) is 37.8 Å². The minimum absolute atomic E-state index is 0.101. The number of carbonyl (C=O) groups excluding carboxylic acids is 5. The second kappa shape index (κ2) is 32.5. The molecular weight excluding hydrogens is 959 g/mol. The Morgan fingerprint density at radius 3 is 2.19 bits per heavy atom. The monoisotopic (exact) mass is 1040 g/mol. The maximum Gasteiger partial charge on any atom is 0.407 e. The lowest BCUT2D eigenvalue weighted by Gasteiger charge is -2.39. The van der Waals surface area contributed by atoms with E-state index in [0.29, 0.717) is 89.5 Å². The number of amides is 4. The highest BCUT2D eigenvalue weighted by molar-refractivity contribution is 7.09. The van der Waals surface area contributed by atoms with Crippen molar-refractivity contribution < 1.29 is 57.6 Å². The molecule has 73 heavy (non-hydrogen) atoms. The number of esters is 1. The molecule has 4 N–H and O–H groups in total. The molecule has 19 nitrogen and oxygen atoms in total. The van der Waals surface area contributed by atoms with E-state index in [1.165, 1.54) is 18.3 Å². The Balaban J connectivity index is 1.25. The first-order valence-corrected chi connectivity index (χ1v) is 27.2. The average molecular weight is 1040 g/mol. The number of carboxylic acids is 1. The van der Waals surface area contributed by atoms with Gasteiger partial charge in [0.05, 0.1) is 58.2 Å². The number of rotatable bonds is 32. The summed E-state index contributed by atoms with van der Waals surface area (Å²) in [6.07, 6.45) is 4.73. The van der Waals surface area contributed by atoms with E-state index in [1.807, 2.05) is 58.0 Å². The van der Waals surface area contributed by atoms with E-state index < -0.39 is 60.1 Å². The number of aliphatic carboxylic acids is 1. The fraction of sp³-hybridized carbons (Fsp3) is 0.717. The number of alkyl carbamates (subject to hydrolysis) is 1. The molecule has 4 amide bonds. The summed E-state index contributed by atoms with van der Waals surface area (Å²) < 4.78 is 28.3. The van der Waals surface area contributed by atoms with Crippen LogP contribution in [0.5, 0.6) is 0 Å². The van der Waals surface area contributed by atoms with Gasteiger partial charge in [0.15, 0.2) is 6.10 Å². The molecule has 2 aliphatic heterocycles. The zero-order valence-corrected chi connectivity index (χ0v) is 45.5. The lowest BCUT2D eigenvalue weighted by Crippen LogP contribution is -2.58. The number of likely N-dealkylation sites (N-methyl/N-ethyl adjacent to an activating group) is 1. The Morgan fingerprint density at radius 1 is 0.877 bits per heavy atom. The Labute approximate surface area is 437 Å². The molecule has 1 unspecified atom stereocenters. The van der Waals surface area contributed by atoms with E-state index >= 15 is 0 Å². The van der Waals surface area contributed by atoms with Crippen LogP contribution < -0.4 is 16.0 Å². The van der Waals surface area contributed by atoms with Crippen molar-refractivity contribution in [2.75, 3.05) is 93.1 Å². The summed E-state index contributed by atoms with van der Waals surface area (Å²) in [5, 5.41) is 20.4. The number of benzene rings is 1. The largest absolute Gasteiger partial charge is 0.481 e. The van der Waals surface area contributed by atoms with Crippen LogP contribution in [0.2, 0.25) is 0 Å². The van der Waals surface area contributed by atoms with Crippen LogP contribution in [0, 0.1) is 23.7 Å². The topological polar surface area (TPSA) is 228 Å². The summed E-state index contributed by atoms with van der Waals surface area (Å²) in [7, 11) is 3.81. The molecule has 3 heterocycles. The predicted octanol–water partition coefficient (Wildman–Crippen LogP) is 5.58. The van der Waals surface area contributed by atoms with Crippen molar-refractivity contribution in [2.24, 2.45) is 23.7 Å². The van der Waals surface area contributed by atoms with Crippen LogP contribution in [-0.2, 0) is 49.3 Å². The molecule has 1 aromatic heterocycles. The summed E-state index contributed by atoms with van der Waals surface area (Å²) in [5.41, 5.74) is 1.06. The van der Waals surface area contributed by atoms with Gasteiger partial charge in [-0.2, -0.15) is 0 Å². The van der Waals surface area contributed by atoms with E-state index in [1.54, 1.807) is 24.3 Å². The SMILES string of the molecule is CC[C@@H](C)[C@H](NC(=O)[C@H]1CCCCN1CCOCCOCCOCCNC(=O)OCC1CCN(C)CC1)C(=O)N(C)[C@H](CC(OC(C)=O)c1nc(C(=O)N[C@@H](Cc2ccccc2)C[C@H](C)C(=O)O)cs1)C(C)C. The lowest BCUT2D eigenvalue weighted by molar-refractivity contribution is -0.149. The quantitative estimate of drug-likeness (QED) is 0.0519. The summed E-state index contributed by atoms with van der Waals surface area (Å²) in [6, 6.07) is 7.34. The first-order chi connectivity index (χ1) is 35.0. The Bertz CT molecular complexity index is 1990. The van der Waals surface area contributed by atoms with E-state index in [4.69, 9.17) is 23.7 Å². The molecule has 2 aliphatic rings. The molecule has 2 aromatic rings. The molecule has 2 fully saturated rings. The van der Waals surface area contributed by atoms with E-state index in [9.17, 15) is 33.9 Å².